The van der Waals surface area contributed by atoms with Gasteiger partial charge in [0.25, 0.3) is 0 Å². The maximum absolute atomic E-state index is 12.4. The standard InChI is InChI=1S/C14H21N5O3/c1-8(2)12-16-13(18-17-12)10-7-19(5-6-22-10)14(21)9-3-4-11(20)15-9/h8-10H,3-7H2,1-2H3,(H,15,20)(H,16,17,18). The number of carbonyl (C=O) groups excluding carboxylic acids is 2. The Morgan fingerprint density at radius 2 is 2.27 bits per heavy atom. The van der Waals surface area contributed by atoms with Gasteiger partial charge in [0.05, 0.1) is 13.2 Å². The fraction of sp³-hybridized carbons (Fsp3) is 0.714. The van der Waals surface area contributed by atoms with Crippen LogP contribution in [-0.4, -0.2) is 57.6 Å². The highest BCUT2D eigenvalue weighted by Gasteiger charge is 2.34. The van der Waals surface area contributed by atoms with E-state index in [0.29, 0.717) is 38.4 Å². The third kappa shape index (κ3) is 2.96. The largest absolute Gasteiger partial charge is 0.367 e. The second-order valence-corrected chi connectivity index (χ2v) is 6.04. The van der Waals surface area contributed by atoms with Gasteiger partial charge in [-0.25, -0.2) is 4.98 Å². The summed E-state index contributed by atoms with van der Waals surface area (Å²) in [6, 6.07) is -0.396. The highest BCUT2D eigenvalue weighted by Crippen LogP contribution is 2.22. The molecule has 2 saturated heterocycles. The van der Waals surface area contributed by atoms with Crippen molar-refractivity contribution in [3.8, 4) is 0 Å². The monoisotopic (exact) mass is 307 g/mol. The van der Waals surface area contributed by atoms with Crippen LogP contribution in [0.4, 0.5) is 0 Å². The molecule has 120 valence electrons. The van der Waals surface area contributed by atoms with Crippen molar-refractivity contribution in [2.24, 2.45) is 0 Å². The maximum atomic E-state index is 12.4. The van der Waals surface area contributed by atoms with Crippen molar-refractivity contribution in [3.05, 3.63) is 11.6 Å². The Bertz CT molecular complexity index is 571. The Hall–Kier alpha value is -1.96. The second kappa shape index (κ2) is 6.04. The molecule has 2 fully saturated rings. The van der Waals surface area contributed by atoms with E-state index >= 15 is 0 Å². The average molecular weight is 307 g/mol. The summed E-state index contributed by atoms with van der Waals surface area (Å²) < 4.78 is 5.71. The van der Waals surface area contributed by atoms with Crippen molar-refractivity contribution in [3.63, 3.8) is 0 Å². The summed E-state index contributed by atoms with van der Waals surface area (Å²) in [5.41, 5.74) is 0. The van der Waals surface area contributed by atoms with Crippen LogP contribution in [0, 0.1) is 0 Å². The molecule has 2 atom stereocenters. The quantitative estimate of drug-likeness (QED) is 0.825. The summed E-state index contributed by atoms with van der Waals surface area (Å²) in [5, 5.41) is 9.79. The zero-order valence-corrected chi connectivity index (χ0v) is 12.8. The molecule has 2 N–H and O–H groups in total. The smallest absolute Gasteiger partial charge is 0.245 e. The highest BCUT2D eigenvalue weighted by molar-refractivity contribution is 5.90. The van der Waals surface area contributed by atoms with Gasteiger partial charge in [0.15, 0.2) is 11.6 Å². The maximum Gasteiger partial charge on any atom is 0.245 e. The van der Waals surface area contributed by atoms with Crippen LogP contribution in [0.15, 0.2) is 0 Å². The minimum absolute atomic E-state index is 0.0391. The third-order valence-electron chi connectivity index (χ3n) is 4.01. The van der Waals surface area contributed by atoms with E-state index in [0.717, 1.165) is 5.82 Å². The molecule has 2 amide bonds. The van der Waals surface area contributed by atoms with Gasteiger partial charge in [-0.3, -0.25) is 14.7 Å². The number of amides is 2. The second-order valence-electron chi connectivity index (χ2n) is 6.04. The van der Waals surface area contributed by atoms with Gasteiger partial charge in [-0.2, -0.15) is 5.10 Å². The zero-order valence-electron chi connectivity index (χ0n) is 12.8. The molecule has 2 unspecified atom stereocenters. The van der Waals surface area contributed by atoms with Crippen LogP contribution in [0.2, 0.25) is 0 Å². The number of carbonyl (C=O) groups is 2. The molecule has 0 saturated carbocycles. The normalized spacial score (nSPS) is 25.6. The van der Waals surface area contributed by atoms with Gasteiger partial charge >= 0.3 is 0 Å². The number of rotatable bonds is 3. The molecule has 2 aliphatic heterocycles. The van der Waals surface area contributed by atoms with E-state index < -0.39 is 6.04 Å². The van der Waals surface area contributed by atoms with Crippen LogP contribution < -0.4 is 5.32 Å². The number of nitrogens with one attached hydrogen (secondary N) is 2. The van der Waals surface area contributed by atoms with Crippen molar-refractivity contribution >= 4 is 11.8 Å². The van der Waals surface area contributed by atoms with Gasteiger partial charge < -0.3 is 15.0 Å². The van der Waals surface area contributed by atoms with Gasteiger partial charge in [0, 0.05) is 18.9 Å². The number of H-pyrrole nitrogens is 1. The van der Waals surface area contributed by atoms with E-state index in [-0.39, 0.29) is 23.8 Å². The van der Waals surface area contributed by atoms with Gasteiger partial charge in [0.2, 0.25) is 11.8 Å². The van der Waals surface area contributed by atoms with Crippen molar-refractivity contribution < 1.29 is 14.3 Å². The summed E-state index contributed by atoms with van der Waals surface area (Å²) in [7, 11) is 0. The lowest BCUT2D eigenvalue weighted by atomic mass is 10.1. The number of aromatic nitrogens is 3. The number of hydrogen-bond acceptors (Lipinski definition) is 5. The molecule has 2 aliphatic rings. The van der Waals surface area contributed by atoms with E-state index in [2.05, 4.69) is 20.5 Å². The van der Waals surface area contributed by atoms with Crippen LogP contribution in [0.3, 0.4) is 0 Å². The molecule has 1 aromatic rings. The summed E-state index contributed by atoms with van der Waals surface area (Å²) in [5.74, 6) is 1.53. The number of hydrogen-bond donors (Lipinski definition) is 2. The van der Waals surface area contributed by atoms with Gasteiger partial charge in [0.1, 0.15) is 12.1 Å². The molecule has 0 aromatic carbocycles. The molecule has 22 heavy (non-hydrogen) atoms. The van der Waals surface area contributed by atoms with E-state index in [9.17, 15) is 9.59 Å². The molecule has 3 heterocycles. The molecule has 0 aliphatic carbocycles. The topological polar surface area (TPSA) is 100 Å². The highest BCUT2D eigenvalue weighted by atomic mass is 16.5. The Morgan fingerprint density at radius 1 is 1.45 bits per heavy atom. The van der Waals surface area contributed by atoms with E-state index in [1.165, 1.54) is 0 Å². The van der Waals surface area contributed by atoms with Crippen molar-refractivity contribution in [2.75, 3.05) is 19.7 Å². The predicted molar refractivity (Wildman–Crippen MR) is 76.9 cm³/mol. The van der Waals surface area contributed by atoms with Crippen molar-refractivity contribution in [1.82, 2.24) is 25.4 Å². The Labute approximate surface area is 128 Å². The van der Waals surface area contributed by atoms with Gasteiger partial charge in [-0.15, -0.1) is 0 Å². The molecule has 0 radical (unpaired) electrons. The number of ether oxygens (including phenoxy) is 1. The molecular formula is C14H21N5O3. The lowest BCUT2D eigenvalue weighted by molar-refractivity contribution is -0.142. The molecule has 1 aromatic heterocycles. The number of aromatic amines is 1. The molecule has 8 heteroatoms. The van der Waals surface area contributed by atoms with E-state index in [1.807, 2.05) is 13.8 Å². The first-order chi connectivity index (χ1) is 10.5. The van der Waals surface area contributed by atoms with Crippen LogP contribution in [-0.2, 0) is 14.3 Å². The Kier molecular flexibility index (Phi) is 4.10. The molecule has 0 bridgehead atoms. The van der Waals surface area contributed by atoms with Gasteiger partial charge in [-0.1, -0.05) is 13.8 Å². The van der Waals surface area contributed by atoms with E-state index in [1.54, 1.807) is 4.90 Å². The fourth-order valence-electron chi connectivity index (χ4n) is 2.72. The lowest BCUT2D eigenvalue weighted by Crippen LogP contribution is -2.49. The van der Waals surface area contributed by atoms with Crippen LogP contribution in [0.1, 0.15) is 50.4 Å². The Balaban J connectivity index is 1.65. The average Bonchev–Trinajstić information content (AvgIpc) is 3.15. The molecule has 3 rings (SSSR count). The van der Waals surface area contributed by atoms with Gasteiger partial charge in [-0.05, 0) is 6.42 Å². The summed E-state index contributed by atoms with van der Waals surface area (Å²) in [6.07, 6.45) is 0.693. The van der Waals surface area contributed by atoms with Crippen molar-refractivity contribution in [1.29, 1.82) is 0 Å². The van der Waals surface area contributed by atoms with Crippen LogP contribution in [0.25, 0.3) is 0 Å². The zero-order chi connectivity index (χ0) is 15.7. The summed E-state index contributed by atoms with van der Waals surface area (Å²) in [4.78, 5) is 29.9. The SMILES string of the molecule is CC(C)c1n[nH]c(C2CN(C(=O)C3CCC(=O)N3)CCO2)n1. The Morgan fingerprint density at radius 3 is 2.91 bits per heavy atom. The summed E-state index contributed by atoms with van der Waals surface area (Å²) >= 11 is 0. The third-order valence-corrected chi connectivity index (χ3v) is 4.01. The molecule has 0 spiro atoms. The fourth-order valence-corrected chi connectivity index (χ4v) is 2.72. The first-order valence-electron chi connectivity index (χ1n) is 7.66. The number of morpholine rings is 1. The van der Waals surface area contributed by atoms with Crippen LogP contribution >= 0.6 is 0 Å². The van der Waals surface area contributed by atoms with Crippen LogP contribution in [0.5, 0.6) is 0 Å². The molecular weight excluding hydrogens is 286 g/mol. The minimum Gasteiger partial charge on any atom is -0.367 e. The van der Waals surface area contributed by atoms with Crippen molar-refractivity contribution in [2.45, 2.75) is 44.8 Å². The predicted octanol–water partition coefficient (Wildman–Crippen LogP) is 0.107. The molecule has 8 nitrogen and oxygen atoms in total. The first-order valence-corrected chi connectivity index (χ1v) is 7.66. The number of nitrogens with zero attached hydrogens (tertiary/aromatic N) is 3. The minimum atomic E-state index is -0.396. The lowest BCUT2D eigenvalue weighted by Gasteiger charge is -2.33. The first kappa shape index (κ1) is 15.0. The summed E-state index contributed by atoms with van der Waals surface area (Å²) in [6.45, 7) is 5.46. The van der Waals surface area contributed by atoms with E-state index in [4.69, 9.17) is 4.74 Å².